The maximum atomic E-state index is 13.0. The molecule has 1 atom stereocenters. The molecule has 0 fully saturated rings. The maximum absolute atomic E-state index is 13.0. The first-order valence-corrected chi connectivity index (χ1v) is 7.26. The van der Waals surface area contributed by atoms with E-state index in [9.17, 15) is 4.39 Å². The average Bonchev–Trinajstić information content (AvgIpc) is 2.39. The van der Waals surface area contributed by atoms with Crippen LogP contribution in [-0.4, -0.2) is 0 Å². The molecule has 2 aromatic rings. The molecule has 0 aliphatic rings. The van der Waals surface area contributed by atoms with Gasteiger partial charge in [0.2, 0.25) is 0 Å². The fraction of sp³-hybridized carbons (Fsp3) is 0.143. The molecule has 106 valence electrons. The molecule has 0 spiro atoms. The van der Waals surface area contributed by atoms with Gasteiger partial charge in [0.15, 0.2) is 0 Å². The summed E-state index contributed by atoms with van der Waals surface area (Å²) in [4.78, 5) is 0. The monoisotopic (exact) mass is 351 g/mol. The number of hydrogen-bond donors (Lipinski definition) is 1. The Morgan fingerprint density at radius 1 is 0.950 bits per heavy atom. The summed E-state index contributed by atoms with van der Waals surface area (Å²) in [5.41, 5.74) is 1.39. The minimum Gasteiger partial charge on any atom is -0.377 e. The number of nitrogens with one attached hydrogen (secondary N) is 1. The van der Waals surface area contributed by atoms with Crippen molar-refractivity contribution in [2.45, 2.75) is 13.0 Å². The lowest BCUT2D eigenvalue weighted by Crippen LogP contribution is -2.08. The highest BCUT2D eigenvalue weighted by molar-refractivity contribution is 6.48. The van der Waals surface area contributed by atoms with Gasteiger partial charge < -0.3 is 5.32 Å². The standard InChI is InChI=1S/C14H10Cl4FN/c1-7(9-3-4-10(15)14(18)13(9)17)20-12-5-2-8(19)6-11(12)16/h2-7,20H,1H3. The predicted octanol–water partition coefficient (Wildman–Crippen LogP) is 6.61. The summed E-state index contributed by atoms with van der Waals surface area (Å²) in [7, 11) is 0. The Morgan fingerprint density at radius 2 is 1.65 bits per heavy atom. The van der Waals surface area contributed by atoms with Gasteiger partial charge in [0.25, 0.3) is 0 Å². The van der Waals surface area contributed by atoms with Crippen molar-refractivity contribution < 1.29 is 4.39 Å². The topological polar surface area (TPSA) is 12.0 Å². The second-order valence-electron chi connectivity index (χ2n) is 4.25. The van der Waals surface area contributed by atoms with Crippen LogP contribution in [0.3, 0.4) is 0 Å². The molecule has 0 bridgehead atoms. The van der Waals surface area contributed by atoms with Crippen molar-refractivity contribution in [3.63, 3.8) is 0 Å². The molecule has 2 aromatic carbocycles. The molecule has 1 N–H and O–H groups in total. The Labute approximate surface area is 136 Å². The summed E-state index contributed by atoms with van der Waals surface area (Å²) in [6, 6.07) is 7.44. The molecule has 0 aromatic heterocycles. The zero-order valence-corrected chi connectivity index (χ0v) is 13.4. The number of anilines is 1. The molecule has 6 heteroatoms. The Hall–Kier alpha value is -0.670. The summed E-state index contributed by atoms with van der Waals surface area (Å²) in [6.07, 6.45) is 0. The normalized spacial score (nSPS) is 12.3. The van der Waals surface area contributed by atoms with Crippen molar-refractivity contribution in [2.75, 3.05) is 5.32 Å². The summed E-state index contributed by atoms with van der Waals surface area (Å²) in [6.45, 7) is 1.89. The molecular formula is C14H10Cl4FN. The van der Waals surface area contributed by atoms with Crippen LogP contribution >= 0.6 is 46.4 Å². The minimum absolute atomic E-state index is 0.166. The Morgan fingerprint density at radius 3 is 2.30 bits per heavy atom. The predicted molar refractivity (Wildman–Crippen MR) is 84.9 cm³/mol. The van der Waals surface area contributed by atoms with Crippen LogP contribution in [0.25, 0.3) is 0 Å². The fourth-order valence-electron chi connectivity index (χ4n) is 1.79. The van der Waals surface area contributed by atoms with E-state index in [-0.39, 0.29) is 11.9 Å². The second kappa shape index (κ2) is 6.40. The van der Waals surface area contributed by atoms with Gasteiger partial charge in [-0.15, -0.1) is 0 Å². The van der Waals surface area contributed by atoms with Crippen molar-refractivity contribution in [2.24, 2.45) is 0 Å². The van der Waals surface area contributed by atoms with E-state index in [0.717, 1.165) is 5.56 Å². The minimum atomic E-state index is -0.388. The quantitative estimate of drug-likeness (QED) is 0.612. The van der Waals surface area contributed by atoms with Crippen molar-refractivity contribution >= 4 is 52.1 Å². The average molecular weight is 353 g/mol. The Balaban J connectivity index is 2.28. The Kier molecular flexibility index (Phi) is 5.03. The number of benzene rings is 2. The molecule has 2 rings (SSSR count). The van der Waals surface area contributed by atoms with Gasteiger partial charge in [0.05, 0.1) is 31.8 Å². The fourth-order valence-corrected chi connectivity index (χ4v) is 2.72. The van der Waals surface area contributed by atoms with Crippen LogP contribution in [0.5, 0.6) is 0 Å². The second-order valence-corrected chi connectivity index (χ2v) is 5.83. The summed E-state index contributed by atoms with van der Waals surface area (Å²) in [5.74, 6) is -0.388. The third-order valence-corrected chi connectivity index (χ3v) is 4.46. The van der Waals surface area contributed by atoms with Gasteiger partial charge >= 0.3 is 0 Å². The lowest BCUT2D eigenvalue weighted by atomic mass is 10.1. The van der Waals surface area contributed by atoms with Crippen LogP contribution in [0.15, 0.2) is 30.3 Å². The first-order valence-electron chi connectivity index (χ1n) is 5.75. The molecule has 0 radical (unpaired) electrons. The first kappa shape index (κ1) is 15.7. The first-order chi connectivity index (χ1) is 9.40. The zero-order chi connectivity index (χ0) is 14.9. The summed E-state index contributed by atoms with van der Waals surface area (Å²) >= 11 is 24.1. The lowest BCUT2D eigenvalue weighted by Gasteiger charge is -2.19. The van der Waals surface area contributed by atoms with Crippen LogP contribution < -0.4 is 5.32 Å². The van der Waals surface area contributed by atoms with Crippen LogP contribution in [0.4, 0.5) is 10.1 Å². The van der Waals surface area contributed by atoms with E-state index in [2.05, 4.69) is 5.32 Å². The number of rotatable bonds is 3. The largest absolute Gasteiger partial charge is 0.377 e. The zero-order valence-electron chi connectivity index (χ0n) is 10.4. The third-order valence-electron chi connectivity index (χ3n) is 2.83. The Bertz CT molecular complexity index is 645. The molecule has 1 unspecified atom stereocenters. The van der Waals surface area contributed by atoms with Crippen molar-refractivity contribution in [3.05, 3.63) is 61.8 Å². The van der Waals surface area contributed by atoms with Gasteiger partial charge in [0.1, 0.15) is 5.82 Å². The lowest BCUT2D eigenvalue weighted by molar-refractivity contribution is 0.628. The van der Waals surface area contributed by atoms with Gasteiger partial charge in [-0.2, -0.15) is 0 Å². The van der Waals surface area contributed by atoms with Gasteiger partial charge in [0, 0.05) is 0 Å². The van der Waals surface area contributed by atoms with E-state index in [0.29, 0.717) is 25.8 Å². The molecule has 0 aliphatic carbocycles. The molecule has 0 saturated heterocycles. The number of hydrogen-bond acceptors (Lipinski definition) is 1. The molecule has 0 aliphatic heterocycles. The van der Waals surface area contributed by atoms with E-state index in [4.69, 9.17) is 46.4 Å². The SMILES string of the molecule is CC(Nc1ccc(F)cc1Cl)c1ccc(Cl)c(Cl)c1Cl. The maximum Gasteiger partial charge on any atom is 0.124 e. The van der Waals surface area contributed by atoms with Gasteiger partial charge in [-0.3, -0.25) is 0 Å². The van der Waals surface area contributed by atoms with Crippen LogP contribution in [-0.2, 0) is 0 Å². The summed E-state index contributed by atoms with van der Waals surface area (Å²) in [5, 5.41) is 4.55. The highest BCUT2D eigenvalue weighted by atomic mass is 35.5. The molecule has 1 nitrogen and oxygen atoms in total. The third kappa shape index (κ3) is 3.32. The molecule has 0 saturated carbocycles. The van der Waals surface area contributed by atoms with Crippen molar-refractivity contribution in [1.29, 1.82) is 0 Å². The van der Waals surface area contributed by atoms with Gasteiger partial charge in [-0.25, -0.2) is 4.39 Å². The highest BCUT2D eigenvalue weighted by Crippen LogP contribution is 2.37. The van der Waals surface area contributed by atoms with E-state index in [1.54, 1.807) is 18.2 Å². The van der Waals surface area contributed by atoms with Crippen LogP contribution in [0.2, 0.25) is 20.1 Å². The van der Waals surface area contributed by atoms with Crippen molar-refractivity contribution in [1.82, 2.24) is 0 Å². The molecule has 20 heavy (non-hydrogen) atoms. The van der Waals surface area contributed by atoms with E-state index in [1.807, 2.05) is 6.92 Å². The molecule has 0 amide bonds. The molecule has 0 heterocycles. The van der Waals surface area contributed by atoms with E-state index < -0.39 is 0 Å². The van der Waals surface area contributed by atoms with Crippen molar-refractivity contribution in [3.8, 4) is 0 Å². The highest BCUT2D eigenvalue weighted by Gasteiger charge is 2.15. The van der Waals surface area contributed by atoms with Crippen LogP contribution in [0, 0.1) is 5.82 Å². The smallest absolute Gasteiger partial charge is 0.124 e. The van der Waals surface area contributed by atoms with E-state index >= 15 is 0 Å². The van der Waals surface area contributed by atoms with Gasteiger partial charge in [-0.05, 0) is 36.8 Å². The molecular weight excluding hydrogens is 343 g/mol. The van der Waals surface area contributed by atoms with Gasteiger partial charge in [-0.1, -0.05) is 52.5 Å². The summed E-state index contributed by atoms with van der Waals surface area (Å²) < 4.78 is 13.0. The van der Waals surface area contributed by atoms with E-state index in [1.165, 1.54) is 12.1 Å². The van der Waals surface area contributed by atoms with Crippen LogP contribution in [0.1, 0.15) is 18.5 Å². The number of halogens is 5.